The molecular weight excluding hydrogens is 524 g/mol. The van der Waals surface area contributed by atoms with Crippen molar-refractivity contribution in [1.29, 1.82) is 0 Å². The molecule has 2 unspecified atom stereocenters. The van der Waals surface area contributed by atoms with Crippen molar-refractivity contribution in [2.75, 3.05) is 24.8 Å². The smallest absolute Gasteiger partial charge is 0.341 e. The minimum Gasteiger partial charge on any atom is -0.497 e. The molecule has 0 saturated heterocycles. The summed E-state index contributed by atoms with van der Waals surface area (Å²) in [6.45, 7) is 8.83. The first kappa shape index (κ1) is 28.0. The second-order valence-corrected chi connectivity index (χ2v) is 11.2. The number of nitrogens with one attached hydrogen (secondary N) is 1. The van der Waals surface area contributed by atoms with Gasteiger partial charge < -0.3 is 24.1 Å². The molecule has 1 amide bonds. The van der Waals surface area contributed by atoms with Gasteiger partial charge >= 0.3 is 5.97 Å². The summed E-state index contributed by atoms with van der Waals surface area (Å²) in [6, 6.07) is 7.36. The molecule has 3 aromatic rings. The zero-order valence-electron chi connectivity index (χ0n) is 22.4. The van der Waals surface area contributed by atoms with Crippen molar-refractivity contribution in [3.63, 3.8) is 0 Å². The van der Waals surface area contributed by atoms with E-state index in [1.165, 1.54) is 23.1 Å². The third-order valence-electron chi connectivity index (χ3n) is 6.37. The van der Waals surface area contributed by atoms with Crippen LogP contribution in [0, 0.1) is 5.92 Å². The van der Waals surface area contributed by atoms with Crippen molar-refractivity contribution < 1.29 is 23.8 Å². The van der Waals surface area contributed by atoms with Crippen LogP contribution < -0.4 is 14.8 Å². The van der Waals surface area contributed by atoms with Crippen LogP contribution in [-0.4, -0.2) is 46.1 Å². The summed E-state index contributed by atoms with van der Waals surface area (Å²) < 4.78 is 18.5. The van der Waals surface area contributed by atoms with Gasteiger partial charge in [0.2, 0.25) is 5.91 Å². The molecule has 38 heavy (non-hydrogen) atoms. The molecule has 0 spiro atoms. The Kier molecular flexibility index (Phi) is 9.32. The Morgan fingerprint density at radius 1 is 1.21 bits per heavy atom. The molecule has 0 aliphatic heterocycles. The first-order valence-electron chi connectivity index (χ1n) is 12.8. The van der Waals surface area contributed by atoms with Crippen molar-refractivity contribution in [3.8, 4) is 11.5 Å². The lowest BCUT2D eigenvalue weighted by Crippen LogP contribution is -2.18. The minimum atomic E-state index is -0.372. The lowest BCUT2D eigenvalue weighted by Gasteiger charge is -2.18. The van der Waals surface area contributed by atoms with Crippen molar-refractivity contribution >= 4 is 40.0 Å². The molecule has 2 atom stereocenters. The molecule has 1 N–H and O–H groups in total. The molecule has 9 nitrogen and oxygen atoms in total. The van der Waals surface area contributed by atoms with Gasteiger partial charge in [0.1, 0.15) is 16.5 Å². The van der Waals surface area contributed by atoms with Crippen LogP contribution in [-0.2, 0) is 28.9 Å². The maximum atomic E-state index is 13.0. The molecule has 4 rings (SSSR count). The fourth-order valence-corrected chi connectivity index (χ4v) is 6.69. The third-order valence-corrected chi connectivity index (χ3v) is 8.51. The summed E-state index contributed by atoms with van der Waals surface area (Å²) in [7, 11) is 1.62. The van der Waals surface area contributed by atoms with Gasteiger partial charge in [0.25, 0.3) is 0 Å². The number of hydrogen-bond donors (Lipinski definition) is 1. The van der Waals surface area contributed by atoms with Crippen LogP contribution in [0.1, 0.15) is 66.8 Å². The Balaban J connectivity index is 1.43. The Morgan fingerprint density at radius 2 is 1.95 bits per heavy atom. The Labute approximate surface area is 231 Å². The van der Waals surface area contributed by atoms with Crippen LogP contribution in [0.3, 0.4) is 0 Å². The van der Waals surface area contributed by atoms with Gasteiger partial charge in [0.05, 0.1) is 25.0 Å². The van der Waals surface area contributed by atoms with Gasteiger partial charge in [-0.15, -0.1) is 21.5 Å². The number of thioether (sulfide) groups is 1. The van der Waals surface area contributed by atoms with E-state index >= 15 is 0 Å². The first-order valence-corrected chi connectivity index (χ1v) is 14.6. The van der Waals surface area contributed by atoms with E-state index in [1.54, 1.807) is 14.0 Å². The van der Waals surface area contributed by atoms with Crippen LogP contribution in [0.4, 0.5) is 5.00 Å². The van der Waals surface area contributed by atoms with Crippen molar-refractivity contribution in [2.24, 2.45) is 5.92 Å². The normalized spacial score (nSPS) is 15.4. The molecule has 0 saturated carbocycles. The largest absolute Gasteiger partial charge is 0.497 e. The average Bonchev–Trinajstić information content (AvgIpc) is 3.48. The van der Waals surface area contributed by atoms with Gasteiger partial charge in [0, 0.05) is 11.4 Å². The number of carbonyl (C=O) groups is 2. The number of nitrogens with zero attached hydrogens (tertiary/aromatic N) is 3. The maximum absolute atomic E-state index is 13.0. The zero-order valence-corrected chi connectivity index (χ0v) is 24.0. The summed E-state index contributed by atoms with van der Waals surface area (Å²) in [5.74, 6) is 2.24. The number of anilines is 1. The number of aromatic nitrogens is 3. The molecule has 1 aromatic carbocycles. The van der Waals surface area contributed by atoms with Crippen LogP contribution in [0.2, 0.25) is 0 Å². The van der Waals surface area contributed by atoms with Crippen molar-refractivity contribution in [3.05, 3.63) is 46.1 Å². The second-order valence-electron chi connectivity index (χ2n) is 9.13. The SMILES string of the molecule is CCOC(=O)c1c(NC(=O)CSc2nnc(C(C)Oc3ccc(OC)cc3)n2CC)sc2c1CCC(C)C2. The van der Waals surface area contributed by atoms with Crippen LogP contribution in [0.25, 0.3) is 0 Å². The number of rotatable bonds is 11. The van der Waals surface area contributed by atoms with Crippen molar-refractivity contribution in [2.45, 2.75) is 64.8 Å². The lowest BCUT2D eigenvalue weighted by molar-refractivity contribution is -0.113. The number of ether oxygens (including phenoxy) is 3. The van der Waals surface area contributed by atoms with Gasteiger partial charge in [0.15, 0.2) is 17.1 Å². The number of thiophene rings is 1. The minimum absolute atomic E-state index is 0.132. The third kappa shape index (κ3) is 6.32. The van der Waals surface area contributed by atoms with Gasteiger partial charge in [-0.1, -0.05) is 18.7 Å². The van der Waals surface area contributed by atoms with E-state index in [0.29, 0.717) is 46.4 Å². The highest BCUT2D eigenvalue weighted by Crippen LogP contribution is 2.40. The first-order chi connectivity index (χ1) is 18.3. The molecular formula is C27H34N4O5S2. The van der Waals surface area contributed by atoms with Gasteiger partial charge in [-0.3, -0.25) is 4.79 Å². The van der Waals surface area contributed by atoms with E-state index in [2.05, 4.69) is 22.4 Å². The van der Waals surface area contributed by atoms with Gasteiger partial charge in [-0.2, -0.15) is 0 Å². The fourth-order valence-electron chi connectivity index (χ4n) is 4.47. The van der Waals surface area contributed by atoms with E-state index in [4.69, 9.17) is 14.2 Å². The Morgan fingerprint density at radius 3 is 2.63 bits per heavy atom. The molecule has 0 fully saturated rings. The summed E-state index contributed by atoms with van der Waals surface area (Å²) in [4.78, 5) is 26.9. The number of carbonyl (C=O) groups excluding carboxylic acids is 2. The Hall–Kier alpha value is -3.05. The highest BCUT2D eigenvalue weighted by atomic mass is 32.2. The number of esters is 1. The maximum Gasteiger partial charge on any atom is 0.341 e. The van der Waals surface area contributed by atoms with Crippen LogP contribution >= 0.6 is 23.1 Å². The molecule has 2 aromatic heterocycles. The molecule has 11 heteroatoms. The van der Waals surface area contributed by atoms with E-state index in [1.807, 2.05) is 42.7 Å². The van der Waals surface area contributed by atoms with Crippen LogP contribution in [0.5, 0.6) is 11.5 Å². The monoisotopic (exact) mass is 558 g/mol. The van der Waals surface area contributed by atoms with E-state index in [-0.39, 0.29) is 23.7 Å². The highest BCUT2D eigenvalue weighted by molar-refractivity contribution is 7.99. The quantitative estimate of drug-likeness (QED) is 0.242. The van der Waals surface area contributed by atoms with Crippen molar-refractivity contribution in [1.82, 2.24) is 14.8 Å². The highest BCUT2D eigenvalue weighted by Gasteiger charge is 2.29. The summed E-state index contributed by atoms with van der Waals surface area (Å²) in [6.07, 6.45) is 2.42. The number of hydrogen-bond acceptors (Lipinski definition) is 9. The predicted octanol–water partition coefficient (Wildman–Crippen LogP) is 5.54. The molecule has 0 radical (unpaired) electrons. The van der Waals surface area contributed by atoms with Gasteiger partial charge in [-0.25, -0.2) is 4.79 Å². The predicted molar refractivity (Wildman–Crippen MR) is 149 cm³/mol. The number of methoxy groups -OCH3 is 1. The molecule has 1 aliphatic rings. The molecule has 2 heterocycles. The number of fused-ring (bicyclic) bond motifs is 1. The average molecular weight is 559 g/mol. The lowest BCUT2D eigenvalue weighted by atomic mass is 9.88. The molecule has 1 aliphatic carbocycles. The second kappa shape index (κ2) is 12.7. The van der Waals surface area contributed by atoms with E-state index in [0.717, 1.165) is 35.5 Å². The fraction of sp³-hybridized carbons (Fsp3) is 0.481. The summed E-state index contributed by atoms with van der Waals surface area (Å²) in [5, 5.41) is 12.8. The summed E-state index contributed by atoms with van der Waals surface area (Å²) >= 11 is 2.79. The van der Waals surface area contributed by atoms with Gasteiger partial charge in [-0.05, 0) is 75.8 Å². The van der Waals surface area contributed by atoms with E-state index < -0.39 is 0 Å². The molecule has 204 valence electrons. The Bertz CT molecular complexity index is 1270. The molecule has 0 bridgehead atoms. The van der Waals surface area contributed by atoms with E-state index in [9.17, 15) is 9.59 Å². The number of amides is 1. The standard InChI is InChI=1S/C27H34N4O5S2/c1-6-31-24(17(4)36-19-11-9-18(34-5)10-12-19)29-30-27(31)37-15-22(32)28-25-23(26(33)35-7-2)20-13-8-16(3)14-21(20)38-25/h9-12,16-17H,6-8,13-15H2,1-5H3,(H,28,32). The zero-order chi connectivity index (χ0) is 27.2. The summed E-state index contributed by atoms with van der Waals surface area (Å²) in [5.41, 5.74) is 1.54. The van der Waals surface area contributed by atoms with Crippen LogP contribution in [0.15, 0.2) is 29.4 Å². The topological polar surface area (TPSA) is 105 Å². The number of benzene rings is 1.